The van der Waals surface area contributed by atoms with Crippen LogP contribution in [0.1, 0.15) is 41.0 Å². The SMILES string of the molecule is CCc1nn(-c2ccccc2)c2c1CN(C(=O)Nc1cccc(F)c1)[C@H](c1ccc(C)cc1)c1cccn1-2. The number of benzene rings is 3. The van der Waals surface area contributed by atoms with E-state index in [2.05, 4.69) is 47.1 Å². The third-order valence-electron chi connectivity index (χ3n) is 7.03. The van der Waals surface area contributed by atoms with Crippen molar-refractivity contribution in [3.63, 3.8) is 0 Å². The fourth-order valence-electron chi connectivity index (χ4n) is 5.21. The lowest BCUT2D eigenvalue weighted by atomic mass is 10.0. The molecule has 3 aromatic carbocycles. The van der Waals surface area contributed by atoms with Crippen molar-refractivity contribution in [2.75, 3.05) is 5.32 Å². The number of nitrogens with zero attached hydrogens (tertiary/aromatic N) is 4. The second-order valence-corrected chi connectivity index (χ2v) is 9.53. The molecule has 0 spiro atoms. The monoisotopic (exact) mass is 505 g/mol. The predicted octanol–water partition coefficient (Wildman–Crippen LogP) is 6.81. The van der Waals surface area contributed by atoms with Gasteiger partial charge in [-0.2, -0.15) is 5.10 Å². The molecule has 0 saturated carbocycles. The predicted molar refractivity (Wildman–Crippen MR) is 146 cm³/mol. The molecule has 0 fully saturated rings. The molecule has 0 radical (unpaired) electrons. The Kier molecular flexibility index (Phi) is 6.04. The van der Waals surface area contributed by atoms with E-state index >= 15 is 0 Å². The summed E-state index contributed by atoms with van der Waals surface area (Å²) in [5.74, 6) is 0.522. The molecule has 1 aliphatic heterocycles. The number of nitrogens with one attached hydrogen (secondary N) is 1. The Morgan fingerprint density at radius 3 is 2.53 bits per heavy atom. The molecule has 3 heterocycles. The Bertz CT molecular complexity index is 1600. The van der Waals surface area contributed by atoms with Gasteiger partial charge in [-0.3, -0.25) is 0 Å². The second kappa shape index (κ2) is 9.67. The van der Waals surface area contributed by atoms with E-state index in [1.54, 1.807) is 12.1 Å². The maximum Gasteiger partial charge on any atom is 0.322 e. The average Bonchev–Trinajstić information content (AvgIpc) is 3.51. The molecule has 1 N–H and O–H groups in total. The first-order chi connectivity index (χ1) is 18.5. The van der Waals surface area contributed by atoms with Gasteiger partial charge in [0.05, 0.1) is 29.7 Å². The van der Waals surface area contributed by atoms with Crippen LogP contribution >= 0.6 is 0 Å². The number of carbonyl (C=O) groups is 1. The number of anilines is 1. The second-order valence-electron chi connectivity index (χ2n) is 9.53. The maximum absolute atomic E-state index is 14.0. The maximum atomic E-state index is 14.0. The van der Waals surface area contributed by atoms with Crippen LogP contribution in [0.5, 0.6) is 0 Å². The minimum Gasteiger partial charge on any atom is -0.308 e. The van der Waals surface area contributed by atoms with E-state index in [0.717, 1.165) is 39.6 Å². The van der Waals surface area contributed by atoms with Crippen molar-refractivity contribution in [3.8, 4) is 11.5 Å². The Morgan fingerprint density at radius 1 is 1.00 bits per heavy atom. The first-order valence-corrected chi connectivity index (χ1v) is 12.8. The van der Waals surface area contributed by atoms with E-state index in [1.807, 2.05) is 59.1 Å². The van der Waals surface area contributed by atoms with Gasteiger partial charge in [-0.15, -0.1) is 0 Å². The Hall–Kier alpha value is -4.65. The van der Waals surface area contributed by atoms with Gasteiger partial charge in [0.1, 0.15) is 11.6 Å². The molecule has 5 aromatic rings. The zero-order valence-corrected chi connectivity index (χ0v) is 21.3. The van der Waals surface area contributed by atoms with E-state index in [0.29, 0.717) is 18.7 Å². The smallest absolute Gasteiger partial charge is 0.308 e. The number of carbonyl (C=O) groups excluding carboxylic acids is 1. The first-order valence-electron chi connectivity index (χ1n) is 12.8. The van der Waals surface area contributed by atoms with Gasteiger partial charge in [0.25, 0.3) is 0 Å². The fourth-order valence-corrected chi connectivity index (χ4v) is 5.21. The summed E-state index contributed by atoms with van der Waals surface area (Å²) in [5, 5.41) is 7.92. The van der Waals surface area contributed by atoms with Gasteiger partial charge in [-0.1, -0.05) is 61.0 Å². The molecule has 0 unspecified atom stereocenters. The van der Waals surface area contributed by atoms with E-state index in [4.69, 9.17) is 5.10 Å². The van der Waals surface area contributed by atoms with Crippen molar-refractivity contribution in [2.45, 2.75) is 32.9 Å². The number of hydrogen-bond acceptors (Lipinski definition) is 2. The Labute approximate surface area is 221 Å². The molecule has 2 amide bonds. The number of urea groups is 1. The normalized spacial score (nSPS) is 14.5. The van der Waals surface area contributed by atoms with Gasteiger partial charge in [0, 0.05) is 17.4 Å². The van der Waals surface area contributed by atoms with Crippen molar-refractivity contribution in [1.29, 1.82) is 0 Å². The highest BCUT2D eigenvalue weighted by Crippen LogP contribution is 2.39. The summed E-state index contributed by atoms with van der Waals surface area (Å²) < 4.78 is 18.1. The average molecular weight is 506 g/mol. The third kappa shape index (κ3) is 4.16. The zero-order chi connectivity index (χ0) is 26.2. The number of halogens is 1. The standard InChI is InChI=1S/C31H28FN5O/c1-3-27-26-20-36(31(38)33-24-10-7-9-23(32)19-24)29(22-16-14-21(2)15-17-22)28-13-8-18-35(28)30(26)37(34-27)25-11-5-4-6-12-25/h4-19,29H,3,20H2,1-2H3,(H,33,38)/t29-/m1/s1. The number of aromatic nitrogens is 3. The van der Waals surface area contributed by atoms with Crippen LogP contribution in [0.3, 0.4) is 0 Å². The molecule has 1 aliphatic rings. The van der Waals surface area contributed by atoms with Crippen LogP contribution in [0.4, 0.5) is 14.9 Å². The summed E-state index contributed by atoms with van der Waals surface area (Å²) in [5.41, 5.74) is 6.36. The van der Waals surface area contributed by atoms with Crippen LogP contribution in [0.25, 0.3) is 11.5 Å². The quantitative estimate of drug-likeness (QED) is 0.292. The molecule has 0 bridgehead atoms. The van der Waals surface area contributed by atoms with Crippen molar-refractivity contribution in [3.05, 3.63) is 131 Å². The van der Waals surface area contributed by atoms with Crippen LogP contribution in [0, 0.1) is 12.7 Å². The summed E-state index contributed by atoms with van der Waals surface area (Å²) in [4.78, 5) is 15.8. The largest absolute Gasteiger partial charge is 0.322 e. The van der Waals surface area contributed by atoms with Crippen LogP contribution < -0.4 is 5.32 Å². The number of aryl methyl sites for hydroxylation is 2. The summed E-state index contributed by atoms with van der Waals surface area (Å²) in [6.45, 7) is 4.46. The molecular weight excluding hydrogens is 477 g/mol. The lowest BCUT2D eigenvalue weighted by Gasteiger charge is -2.31. The highest BCUT2D eigenvalue weighted by Gasteiger charge is 2.36. The van der Waals surface area contributed by atoms with Gasteiger partial charge in [0.2, 0.25) is 0 Å². The Balaban J connectivity index is 1.55. The van der Waals surface area contributed by atoms with Crippen molar-refractivity contribution in [2.24, 2.45) is 0 Å². The summed E-state index contributed by atoms with van der Waals surface area (Å²) in [6.07, 6.45) is 2.75. The summed E-state index contributed by atoms with van der Waals surface area (Å²) >= 11 is 0. The lowest BCUT2D eigenvalue weighted by Crippen LogP contribution is -2.38. The highest BCUT2D eigenvalue weighted by atomic mass is 19.1. The lowest BCUT2D eigenvalue weighted by molar-refractivity contribution is 0.194. The van der Waals surface area contributed by atoms with Gasteiger partial charge in [-0.25, -0.2) is 13.9 Å². The van der Waals surface area contributed by atoms with Crippen LogP contribution in [0.2, 0.25) is 0 Å². The van der Waals surface area contributed by atoms with Crippen LogP contribution in [-0.4, -0.2) is 25.3 Å². The Morgan fingerprint density at radius 2 is 1.79 bits per heavy atom. The molecule has 6 rings (SSSR count). The molecule has 38 heavy (non-hydrogen) atoms. The van der Waals surface area contributed by atoms with Crippen molar-refractivity contribution in [1.82, 2.24) is 19.2 Å². The number of hydrogen-bond donors (Lipinski definition) is 1. The molecule has 2 aromatic heterocycles. The number of para-hydroxylation sites is 1. The molecule has 1 atom stereocenters. The molecule has 190 valence electrons. The van der Waals surface area contributed by atoms with Gasteiger partial charge < -0.3 is 14.8 Å². The topological polar surface area (TPSA) is 55.1 Å². The van der Waals surface area contributed by atoms with E-state index in [1.165, 1.54) is 12.1 Å². The zero-order valence-electron chi connectivity index (χ0n) is 21.3. The minimum atomic E-state index is -0.401. The summed E-state index contributed by atoms with van der Waals surface area (Å²) in [7, 11) is 0. The number of fused-ring (bicyclic) bond motifs is 3. The molecule has 0 aliphatic carbocycles. The van der Waals surface area contributed by atoms with Gasteiger partial charge in [-0.05, 0) is 61.4 Å². The third-order valence-corrected chi connectivity index (χ3v) is 7.03. The molecule has 0 saturated heterocycles. The van der Waals surface area contributed by atoms with Crippen molar-refractivity contribution >= 4 is 11.7 Å². The number of amides is 2. The van der Waals surface area contributed by atoms with E-state index < -0.39 is 5.82 Å². The van der Waals surface area contributed by atoms with Gasteiger partial charge in [0.15, 0.2) is 0 Å². The van der Waals surface area contributed by atoms with Crippen LogP contribution in [-0.2, 0) is 13.0 Å². The highest BCUT2D eigenvalue weighted by molar-refractivity contribution is 5.90. The number of rotatable bonds is 4. The minimum absolute atomic E-state index is 0.309. The molecular formula is C31H28FN5O. The molecule has 7 heteroatoms. The van der Waals surface area contributed by atoms with Gasteiger partial charge >= 0.3 is 6.03 Å². The summed E-state index contributed by atoms with van der Waals surface area (Å²) in [6, 6.07) is 27.7. The molecule has 6 nitrogen and oxygen atoms in total. The van der Waals surface area contributed by atoms with Crippen molar-refractivity contribution < 1.29 is 9.18 Å². The fraction of sp³-hybridized carbons (Fsp3) is 0.161. The van der Waals surface area contributed by atoms with E-state index in [9.17, 15) is 9.18 Å². The first kappa shape index (κ1) is 23.7. The van der Waals surface area contributed by atoms with Crippen LogP contribution in [0.15, 0.2) is 97.2 Å². The van der Waals surface area contributed by atoms with E-state index in [-0.39, 0.29) is 12.1 Å².